The first-order valence-electron chi connectivity index (χ1n) is 10.1. The minimum atomic E-state index is -0.280. The van der Waals surface area contributed by atoms with Gasteiger partial charge in [0, 0.05) is 31.5 Å². The zero-order chi connectivity index (χ0) is 19.0. The summed E-state index contributed by atoms with van der Waals surface area (Å²) in [5.74, 6) is 0.629. The molecule has 1 fully saturated rings. The Balaban J connectivity index is 0.00000225. The van der Waals surface area contributed by atoms with Crippen molar-refractivity contribution in [2.24, 2.45) is 17.1 Å². The number of hydrogen-bond acceptors (Lipinski definition) is 3. The van der Waals surface area contributed by atoms with E-state index >= 15 is 0 Å². The topological polar surface area (TPSA) is 59.2 Å². The number of carbonyl (C=O) groups excluding carboxylic acids is 1. The molecule has 1 aliphatic heterocycles. The van der Waals surface area contributed by atoms with Gasteiger partial charge in [-0.3, -0.25) is 9.78 Å². The Kier molecular flexibility index (Phi) is 6.11. The molecule has 1 aromatic carbocycles. The van der Waals surface area contributed by atoms with Gasteiger partial charge in [0.25, 0.3) is 0 Å². The summed E-state index contributed by atoms with van der Waals surface area (Å²) >= 11 is 0. The quantitative estimate of drug-likeness (QED) is 0.840. The van der Waals surface area contributed by atoms with Crippen molar-refractivity contribution in [2.75, 3.05) is 6.54 Å². The maximum Gasteiger partial charge on any atom is 0.229 e. The predicted molar refractivity (Wildman–Crippen MR) is 115 cm³/mol. The lowest BCUT2D eigenvalue weighted by molar-refractivity contribution is -0.145. The second-order valence-corrected chi connectivity index (χ2v) is 8.52. The van der Waals surface area contributed by atoms with Crippen LogP contribution in [0.4, 0.5) is 0 Å². The number of benzene rings is 1. The molecule has 1 aromatic heterocycles. The molecule has 0 saturated heterocycles. The van der Waals surface area contributed by atoms with Gasteiger partial charge in [-0.2, -0.15) is 0 Å². The van der Waals surface area contributed by atoms with Gasteiger partial charge in [0.2, 0.25) is 5.91 Å². The van der Waals surface area contributed by atoms with Crippen LogP contribution in [0.5, 0.6) is 0 Å². The molecule has 1 saturated carbocycles. The number of carbonyl (C=O) groups is 1. The van der Waals surface area contributed by atoms with Crippen molar-refractivity contribution in [3.05, 3.63) is 53.9 Å². The maximum absolute atomic E-state index is 13.5. The van der Waals surface area contributed by atoms with Crippen LogP contribution >= 0.6 is 12.4 Å². The molecule has 28 heavy (non-hydrogen) atoms. The third-order valence-corrected chi connectivity index (χ3v) is 6.62. The van der Waals surface area contributed by atoms with Crippen molar-refractivity contribution in [1.82, 2.24) is 9.88 Å². The largest absolute Gasteiger partial charge is 0.338 e. The summed E-state index contributed by atoms with van der Waals surface area (Å²) in [4.78, 5) is 19.8. The summed E-state index contributed by atoms with van der Waals surface area (Å²) in [6, 6.07) is 10.8. The molecule has 2 N–H and O–H groups in total. The molecule has 0 unspecified atom stereocenters. The van der Waals surface area contributed by atoms with Crippen LogP contribution < -0.4 is 5.73 Å². The Labute approximate surface area is 173 Å². The van der Waals surface area contributed by atoms with Gasteiger partial charge in [-0.15, -0.1) is 12.4 Å². The fourth-order valence-corrected chi connectivity index (χ4v) is 4.84. The highest BCUT2D eigenvalue weighted by molar-refractivity contribution is 5.85. The van der Waals surface area contributed by atoms with Crippen LogP contribution in [0.3, 0.4) is 0 Å². The zero-order valence-corrected chi connectivity index (χ0v) is 17.5. The van der Waals surface area contributed by atoms with Gasteiger partial charge in [0.05, 0.1) is 5.41 Å². The summed E-state index contributed by atoms with van der Waals surface area (Å²) in [6.07, 6.45) is 7.31. The molecule has 2 heterocycles. The van der Waals surface area contributed by atoms with Crippen LogP contribution in [-0.2, 0) is 17.8 Å². The molecule has 5 heteroatoms. The summed E-state index contributed by atoms with van der Waals surface area (Å²) in [6.45, 7) is 5.86. The minimum absolute atomic E-state index is 0. The number of fused-ring (bicyclic) bond motifs is 1. The van der Waals surface area contributed by atoms with Crippen LogP contribution in [0.2, 0.25) is 0 Å². The number of halogens is 1. The van der Waals surface area contributed by atoms with E-state index in [2.05, 4.69) is 48.0 Å². The first kappa shape index (κ1) is 20.8. The molecule has 4 nitrogen and oxygen atoms in total. The van der Waals surface area contributed by atoms with E-state index in [-0.39, 0.29) is 23.9 Å². The van der Waals surface area contributed by atoms with E-state index in [0.717, 1.165) is 43.4 Å². The Hall–Kier alpha value is -1.91. The van der Waals surface area contributed by atoms with Crippen LogP contribution in [-0.4, -0.2) is 28.4 Å². The maximum atomic E-state index is 13.5. The predicted octanol–water partition coefficient (Wildman–Crippen LogP) is 4.21. The number of nitrogens with zero attached hydrogens (tertiary/aromatic N) is 2. The van der Waals surface area contributed by atoms with Gasteiger partial charge < -0.3 is 10.6 Å². The number of aromatic nitrogens is 1. The molecule has 150 valence electrons. The fraction of sp³-hybridized carbons (Fsp3) is 0.478. The molecule has 2 aromatic rings. The number of pyridine rings is 1. The molecule has 0 radical (unpaired) electrons. The van der Waals surface area contributed by atoms with Crippen molar-refractivity contribution in [2.45, 2.75) is 52.1 Å². The monoisotopic (exact) mass is 399 g/mol. The highest BCUT2D eigenvalue weighted by atomic mass is 35.5. The lowest BCUT2D eigenvalue weighted by Crippen LogP contribution is -2.48. The number of hydrogen-bond donors (Lipinski definition) is 1. The fourth-order valence-electron chi connectivity index (χ4n) is 4.84. The highest BCUT2D eigenvalue weighted by Crippen LogP contribution is 2.46. The van der Waals surface area contributed by atoms with Crippen molar-refractivity contribution in [3.63, 3.8) is 0 Å². The third-order valence-electron chi connectivity index (χ3n) is 6.62. The molecular formula is C23H30ClN3O. The van der Waals surface area contributed by atoms with E-state index in [9.17, 15) is 4.79 Å². The normalized spacial score (nSPS) is 24.0. The average Bonchev–Trinajstić information content (AvgIpc) is 3.10. The van der Waals surface area contributed by atoms with Gasteiger partial charge in [0.1, 0.15) is 0 Å². The second kappa shape index (κ2) is 8.22. The van der Waals surface area contributed by atoms with Crippen LogP contribution in [0.25, 0.3) is 11.1 Å². The Bertz CT molecular complexity index is 839. The van der Waals surface area contributed by atoms with Gasteiger partial charge in [-0.05, 0) is 66.0 Å². The van der Waals surface area contributed by atoms with E-state index < -0.39 is 0 Å². The lowest BCUT2D eigenvalue weighted by atomic mass is 9.74. The van der Waals surface area contributed by atoms with E-state index in [1.807, 2.05) is 12.3 Å². The van der Waals surface area contributed by atoms with E-state index in [1.165, 1.54) is 11.1 Å². The first-order valence-corrected chi connectivity index (χ1v) is 10.1. The zero-order valence-electron chi connectivity index (χ0n) is 16.7. The van der Waals surface area contributed by atoms with Crippen LogP contribution in [0.15, 0.2) is 42.7 Å². The van der Waals surface area contributed by atoms with Gasteiger partial charge in [-0.1, -0.05) is 32.0 Å². The molecule has 1 amide bonds. The van der Waals surface area contributed by atoms with Gasteiger partial charge >= 0.3 is 0 Å². The molecule has 0 bridgehead atoms. The van der Waals surface area contributed by atoms with Crippen molar-refractivity contribution < 1.29 is 4.79 Å². The van der Waals surface area contributed by atoms with Crippen molar-refractivity contribution in [1.29, 1.82) is 0 Å². The minimum Gasteiger partial charge on any atom is -0.338 e. The van der Waals surface area contributed by atoms with Crippen molar-refractivity contribution >= 4 is 18.3 Å². The molecule has 2 aliphatic rings. The molecule has 1 aliphatic carbocycles. The summed E-state index contributed by atoms with van der Waals surface area (Å²) in [5, 5.41) is 0. The van der Waals surface area contributed by atoms with E-state index in [1.54, 1.807) is 6.20 Å². The second-order valence-electron chi connectivity index (χ2n) is 8.52. The van der Waals surface area contributed by atoms with Crippen LogP contribution in [0.1, 0.15) is 44.2 Å². The van der Waals surface area contributed by atoms with Crippen LogP contribution in [0, 0.1) is 11.3 Å². The molecule has 0 spiro atoms. The Morgan fingerprint density at radius 1 is 1.25 bits per heavy atom. The lowest BCUT2D eigenvalue weighted by Gasteiger charge is -2.39. The third kappa shape index (κ3) is 3.68. The number of amides is 1. The molecule has 2 atom stereocenters. The molecular weight excluding hydrogens is 370 g/mol. The van der Waals surface area contributed by atoms with E-state index in [0.29, 0.717) is 18.4 Å². The first-order chi connectivity index (χ1) is 13.0. The number of rotatable bonds is 3. The van der Waals surface area contributed by atoms with Crippen molar-refractivity contribution in [3.8, 4) is 11.1 Å². The van der Waals surface area contributed by atoms with Gasteiger partial charge in [-0.25, -0.2) is 0 Å². The van der Waals surface area contributed by atoms with Gasteiger partial charge in [0.15, 0.2) is 0 Å². The Morgan fingerprint density at radius 2 is 2.07 bits per heavy atom. The van der Waals surface area contributed by atoms with E-state index in [4.69, 9.17) is 5.73 Å². The SMILES string of the molecule is CC(C)[C@]1(C(=O)N2CCc3ccc(-c4cccnc4)cc3C2)CC[C@@H](N)C1.Cl. The smallest absolute Gasteiger partial charge is 0.229 e. The summed E-state index contributed by atoms with van der Waals surface area (Å²) in [5.41, 5.74) is 10.8. The standard InChI is InChI=1S/C23H29N3O.ClH/c1-16(2)23(9-7-21(24)13-23)22(27)26-11-8-17-5-6-18(12-20(17)15-26)19-4-3-10-25-14-19;/h3-6,10,12,14,16,21H,7-9,11,13,15,24H2,1-2H3;1H/t21-,23+;/m1./s1. The average molecular weight is 400 g/mol. The summed E-state index contributed by atoms with van der Waals surface area (Å²) < 4.78 is 0. The summed E-state index contributed by atoms with van der Waals surface area (Å²) in [7, 11) is 0. The Morgan fingerprint density at radius 3 is 2.71 bits per heavy atom. The highest BCUT2D eigenvalue weighted by Gasteiger charge is 2.48. The molecule has 4 rings (SSSR count). The number of nitrogens with two attached hydrogens (primary N) is 1.